The van der Waals surface area contributed by atoms with Crippen LogP contribution in [0.4, 0.5) is 5.82 Å². The Kier molecular flexibility index (Phi) is 3.64. The molecule has 0 amide bonds. The quantitative estimate of drug-likeness (QED) is 0.744. The third kappa shape index (κ3) is 2.11. The van der Waals surface area contributed by atoms with E-state index in [1.165, 1.54) is 6.33 Å². The maximum absolute atomic E-state index is 5.47. The zero-order valence-corrected chi connectivity index (χ0v) is 8.82. The first-order chi connectivity index (χ1) is 6.70. The molecule has 0 fully saturated rings. The molecule has 0 aromatic carbocycles. The van der Waals surface area contributed by atoms with Gasteiger partial charge in [0.25, 0.3) is 0 Å². The van der Waals surface area contributed by atoms with Crippen LogP contribution in [0.5, 0.6) is 5.88 Å². The third-order valence-electron chi connectivity index (χ3n) is 2.03. The first kappa shape index (κ1) is 10.7. The lowest BCUT2D eigenvalue weighted by molar-refractivity contribution is 0.393. The summed E-state index contributed by atoms with van der Waals surface area (Å²) >= 11 is 0. The number of methoxy groups -OCH3 is 1. The third-order valence-corrected chi connectivity index (χ3v) is 2.03. The van der Waals surface area contributed by atoms with Crippen molar-refractivity contribution in [2.24, 2.45) is 5.73 Å². The van der Waals surface area contributed by atoms with E-state index in [0.29, 0.717) is 12.4 Å². The number of hydrogen-bond donors (Lipinski definition) is 1. The van der Waals surface area contributed by atoms with Gasteiger partial charge < -0.3 is 15.4 Å². The highest BCUT2D eigenvalue weighted by molar-refractivity contribution is 5.49. The van der Waals surface area contributed by atoms with E-state index in [4.69, 9.17) is 10.5 Å². The number of anilines is 1. The molecule has 1 heterocycles. The van der Waals surface area contributed by atoms with E-state index in [1.807, 2.05) is 18.9 Å². The summed E-state index contributed by atoms with van der Waals surface area (Å²) in [5.41, 5.74) is 6.41. The van der Waals surface area contributed by atoms with Crippen molar-refractivity contribution in [3.63, 3.8) is 0 Å². The molecule has 0 radical (unpaired) electrons. The maximum atomic E-state index is 5.47. The summed E-state index contributed by atoms with van der Waals surface area (Å²) in [5, 5.41) is 0. The first-order valence-electron chi connectivity index (χ1n) is 4.47. The van der Waals surface area contributed by atoms with Gasteiger partial charge in [-0.2, -0.15) is 0 Å². The molecule has 1 rings (SSSR count). The van der Waals surface area contributed by atoms with Gasteiger partial charge in [0.1, 0.15) is 12.1 Å². The molecule has 5 heteroatoms. The number of rotatable bonds is 4. The van der Waals surface area contributed by atoms with Gasteiger partial charge in [0.2, 0.25) is 5.88 Å². The van der Waals surface area contributed by atoms with E-state index in [-0.39, 0.29) is 0 Å². The minimum atomic E-state index is 0.599. The van der Waals surface area contributed by atoms with Gasteiger partial charge in [-0.15, -0.1) is 0 Å². The van der Waals surface area contributed by atoms with Gasteiger partial charge in [0, 0.05) is 20.1 Å². The van der Waals surface area contributed by atoms with Crippen molar-refractivity contribution in [3.8, 4) is 5.88 Å². The molecule has 0 aliphatic carbocycles. The minimum absolute atomic E-state index is 0.599. The normalized spacial score (nSPS) is 10.0. The topological polar surface area (TPSA) is 64.3 Å². The molecule has 0 saturated heterocycles. The summed E-state index contributed by atoms with van der Waals surface area (Å²) in [7, 11) is 3.55. The van der Waals surface area contributed by atoms with Crippen molar-refractivity contribution in [2.75, 3.05) is 32.1 Å². The number of likely N-dealkylation sites (N-methyl/N-ethyl adjacent to an activating group) is 1. The highest BCUT2D eigenvalue weighted by atomic mass is 16.5. The second-order valence-corrected chi connectivity index (χ2v) is 3.04. The molecule has 14 heavy (non-hydrogen) atoms. The van der Waals surface area contributed by atoms with E-state index in [0.717, 1.165) is 17.9 Å². The second-order valence-electron chi connectivity index (χ2n) is 3.04. The van der Waals surface area contributed by atoms with Crippen LogP contribution >= 0.6 is 0 Å². The summed E-state index contributed by atoms with van der Waals surface area (Å²) in [6.45, 7) is 3.30. The smallest absolute Gasteiger partial charge is 0.221 e. The van der Waals surface area contributed by atoms with E-state index in [9.17, 15) is 0 Å². The predicted molar refractivity (Wildman–Crippen MR) is 55.6 cm³/mol. The molecule has 0 bridgehead atoms. The Morgan fingerprint density at radius 1 is 1.50 bits per heavy atom. The van der Waals surface area contributed by atoms with Crippen molar-refractivity contribution in [1.82, 2.24) is 9.97 Å². The number of aromatic nitrogens is 2. The summed E-state index contributed by atoms with van der Waals surface area (Å²) in [5.74, 6) is 1.47. The van der Waals surface area contributed by atoms with Gasteiger partial charge in [-0.25, -0.2) is 9.97 Å². The van der Waals surface area contributed by atoms with Gasteiger partial charge in [0.05, 0.1) is 12.7 Å². The van der Waals surface area contributed by atoms with Gasteiger partial charge in [-0.3, -0.25) is 0 Å². The van der Waals surface area contributed by atoms with Crippen molar-refractivity contribution in [2.45, 2.75) is 6.92 Å². The number of ether oxygens (including phenoxy) is 1. The minimum Gasteiger partial charge on any atom is -0.481 e. The largest absolute Gasteiger partial charge is 0.481 e. The molecular weight excluding hydrogens is 180 g/mol. The Labute approximate surface area is 83.9 Å². The fourth-order valence-corrected chi connectivity index (χ4v) is 1.32. The highest BCUT2D eigenvalue weighted by Crippen LogP contribution is 2.21. The van der Waals surface area contributed by atoms with Crippen molar-refractivity contribution in [3.05, 3.63) is 11.9 Å². The maximum Gasteiger partial charge on any atom is 0.221 e. The Hall–Kier alpha value is -1.36. The Morgan fingerprint density at radius 3 is 2.79 bits per heavy atom. The standard InChI is InChI=1S/C9H16N4O/c1-7-8(13(2)5-4-10)11-6-12-9(7)14-3/h6H,4-5,10H2,1-3H3. The zero-order valence-electron chi connectivity index (χ0n) is 8.82. The van der Waals surface area contributed by atoms with E-state index in [1.54, 1.807) is 7.11 Å². The van der Waals surface area contributed by atoms with Gasteiger partial charge in [-0.05, 0) is 6.92 Å². The van der Waals surface area contributed by atoms with Crippen LogP contribution in [-0.2, 0) is 0 Å². The van der Waals surface area contributed by atoms with Crippen LogP contribution in [0.15, 0.2) is 6.33 Å². The second kappa shape index (κ2) is 4.76. The fourth-order valence-electron chi connectivity index (χ4n) is 1.32. The van der Waals surface area contributed by atoms with Crippen LogP contribution in [0.1, 0.15) is 5.56 Å². The lowest BCUT2D eigenvalue weighted by Gasteiger charge is -2.19. The number of nitrogens with zero attached hydrogens (tertiary/aromatic N) is 3. The molecule has 0 aliphatic heterocycles. The molecule has 1 aromatic heterocycles. The summed E-state index contributed by atoms with van der Waals surface area (Å²) in [6.07, 6.45) is 1.49. The van der Waals surface area contributed by atoms with E-state index < -0.39 is 0 Å². The molecule has 0 atom stereocenters. The van der Waals surface area contributed by atoms with Gasteiger partial charge in [0.15, 0.2) is 0 Å². The van der Waals surface area contributed by atoms with Crippen LogP contribution in [0, 0.1) is 6.92 Å². The average molecular weight is 196 g/mol. The first-order valence-corrected chi connectivity index (χ1v) is 4.47. The molecule has 0 spiro atoms. The Balaban J connectivity index is 2.96. The summed E-state index contributed by atoms with van der Waals surface area (Å²) in [6, 6.07) is 0. The number of nitrogens with two attached hydrogens (primary N) is 1. The van der Waals surface area contributed by atoms with Crippen molar-refractivity contribution < 1.29 is 4.74 Å². The van der Waals surface area contributed by atoms with Gasteiger partial charge in [-0.1, -0.05) is 0 Å². The SMILES string of the molecule is COc1ncnc(N(C)CCN)c1C. The van der Waals surface area contributed by atoms with Crippen molar-refractivity contribution >= 4 is 5.82 Å². The Morgan fingerprint density at radius 2 is 2.21 bits per heavy atom. The number of hydrogen-bond acceptors (Lipinski definition) is 5. The predicted octanol–water partition coefficient (Wildman–Crippen LogP) is 0.189. The molecule has 78 valence electrons. The van der Waals surface area contributed by atoms with Gasteiger partial charge >= 0.3 is 0 Å². The lowest BCUT2D eigenvalue weighted by atomic mass is 10.3. The fraction of sp³-hybridized carbons (Fsp3) is 0.556. The Bertz CT molecular complexity index is 303. The molecular formula is C9H16N4O. The van der Waals surface area contributed by atoms with Crippen LogP contribution in [0.3, 0.4) is 0 Å². The van der Waals surface area contributed by atoms with E-state index in [2.05, 4.69) is 9.97 Å². The molecule has 1 aromatic rings. The molecule has 0 saturated carbocycles. The summed E-state index contributed by atoms with van der Waals surface area (Å²) < 4.78 is 5.10. The molecule has 2 N–H and O–H groups in total. The molecule has 0 unspecified atom stereocenters. The highest BCUT2D eigenvalue weighted by Gasteiger charge is 2.10. The van der Waals surface area contributed by atoms with Crippen molar-refractivity contribution in [1.29, 1.82) is 0 Å². The van der Waals surface area contributed by atoms with Crippen LogP contribution in [0.25, 0.3) is 0 Å². The molecule has 5 nitrogen and oxygen atoms in total. The van der Waals surface area contributed by atoms with Crippen LogP contribution in [-0.4, -0.2) is 37.2 Å². The van der Waals surface area contributed by atoms with Crippen LogP contribution < -0.4 is 15.4 Å². The molecule has 0 aliphatic rings. The van der Waals surface area contributed by atoms with E-state index >= 15 is 0 Å². The lowest BCUT2D eigenvalue weighted by Crippen LogP contribution is -2.26. The average Bonchev–Trinajstić information content (AvgIpc) is 2.18. The monoisotopic (exact) mass is 196 g/mol. The summed E-state index contributed by atoms with van der Waals surface area (Å²) in [4.78, 5) is 10.2. The van der Waals surface area contributed by atoms with Crippen LogP contribution in [0.2, 0.25) is 0 Å². The zero-order chi connectivity index (χ0) is 10.6.